The third-order valence-corrected chi connectivity index (χ3v) is 4.65. The van der Waals surface area contributed by atoms with Crippen molar-refractivity contribution in [2.75, 3.05) is 0 Å². The first-order chi connectivity index (χ1) is 7.65. The number of hydrogen-bond donors (Lipinski definition) is 0. The Hall–Kier alpha value is -0.700. The van der Waals surface area contributed by atoms with Crippen molar-refractivity contribution in [1.29, 1.82) is 0 Å². The summed E-state index contributed by atoms with van der Waals surface area (Å²) >= 11 is 3.55. The Morgan fingerprint density at radius 1 is 1.31 bits per heavy atom. The first-order valence-electron chi connectivity index (χ1n) is 5.69. The van der Waals surface area contributed by atoms with Crippen LogP contribution in [0.4, 0.5) is 10.1 Å². The zero-order valence-corrected chi connectivity index (χ0v) is 10.8. The van der Waals surface area contributed by atoms with Gasteiger partial charge in [0.25, 0.3) is 0 Å². The van der Waals surface area contributed by atoms with Gasteiger partial charge < -0.3 is 0 Å². The first-order valence-corrected chi connectivity index (χ1v) is 6.49. The third kappa shape index (κ3) is 1.18. The van der Waals surface area contributed by atoms with Gasteiger partial charge in [-0.05, 0) is 31.9 Å². The van der Waals surface area contributed by atoms with E-state index in [0.717, 1.165) is 28.6 Å². The minimum Gasteiger partial charge on any atom is -0.254 e. The summed E-state index contributed by atoms with van der Waals surface area (Å²) in [4.78, 5) is 4.46. The molecule has 3 heteroatoms. The van der Waals surface area contributed by atoms with E-state index in [1.54, 1.807) is 0 Å². The van der Waals surface area contributed by atoms with Crippen LogP contribution in [0.2, 0.25) is 0 Å². The molecule has 1 aliphatic heterocycles. The first kappa shape index (κ1) is 10.5. The van der Waals surface area contributed by atoms with Crippen LogP contribution in [-0.4, -0.2) is 5.71 Å². The molecular formula is C13H13BrFN. The van der Waals surface area contributed by atoms with Crippen molar-refractivity contribution in [1.82, 2.24) is 0 Å². The van der Waals surface area contributed by atoms with Crippen molar-refractivity contribution in [2.24, 2.45) is 4.99 Å². The molecule has 1 saturated carbocycles. The summed E-state index contributed by atoms with van der Waals surface area (Å²) in [5, 5.41) is 0. The van der Waals surface area contributed by atoms with Gasteiger partial charge in [-0.25, -0.2) is 4.39 Å². The number of aliphatic imine (C=N–C) groups is 1. The molecule has 0 amide bonds. The molecule has 1 aliphatic carbocycles. The third-order valence-electron chi connectivity index (χ3n) is 3.99. The number of fused-ring (bicyclic) bond motifs is 2. The molecular weight excluding hydrogens is 269 g/mol. The minimum absolute atomic E-state index is 0.0241. The number of hydrogen-bond acceptors (Lipinski definition) is 1. The van der Waals surface area contributed by atoms with E-state index >= 15 is 0 Å². The lowest BCUT2D eigenvalue weighted by atomic mass is 9.76. The molecule has 1 heterocycles. The maximum absolute atomic E-state index is 13.8. The number of nitrogens with zero attached hydrogens (tertiary/aromatic N) is 1. The highest BCUT2D eigenvalue weighted by Gasteiger charge is 2.45. The molecule has 0 aromatic heterocycles. The van der Waals surface area contributed by atoms with E-state index in [-0.39, 0.29) is 11.2 Å². The van der Waals surface area contributed by atoms with Gasteiger partial charge in [0, 0.05) is 21.2 Å². The second-order valence-electron chi connectivity index (χ2n) is 4.74. The SMILES string of the molecule is CC1=Nc2c(F)ccc(Br)c2C12CCCC2. The molecule has 0 bridgehead atoms. The highest BCUT2D eigenvalue weighted by atomic mass is 79.9. The second-order valence-corrected chi connectivity index (χ2v) is 5.59. The molecule has 16 heavy (non-hydrogen) atoms. The van der Waals surface area contributed by atoms with E-state index in [1.807, 2.05) is 13.0 Å². The zero-order valence-electron chi connectivity index (χ0n) is 9.19. The average Bonchev–Trinajstić information content (AvgIpc) is 2.83. The maximum atomic E-state index is 13.8. The molecule has 0 atom stereocenters. The quantitative estimate of drug-likeness (QED) is 0.664. The van der Waals surface area contributed by atoms with Gasteiger partial charge in [-0.15, -0.1) is 0 Å². The summed E-state index contributed by atoms with van der Waals surface area (Å²) in [6.07, 6.45) is 4.65. The molecule has 3 rings (SSSR count). The zero-order chi connectivity index (χ0) is 11.3. The van der Waals surface area contributed by atoms with Gasteiger partial charge in [-0.3, -0.25) is 4.99 Å². The Balaban J connectivity index is 2.29. The van der Waals surface area contributed by atoms with Crippen LogP contribution in [0.15, 0.2) is 21.6 Å². The Kier molecular flexibility index (Phi) is 2.22. The van der Waals surface area contributed by atoms with E-state index in [4.69, 9.17) is 0 Å². The maximum Gasteiger partial charge on any atom is 0.149 e. The Bertz CT molecular complexity index is 487. The minimum atomic E-state index is -0.193. The normalized spacial score (nSPS) is 21.3. The summed E-state index contributed by atoms with van der Waals surface area (Å²) in [6, 6.07) is 3.30. The highest BCUT2D eigenvalue weighted by Crippen LogP contribution is 2.53. The van der Waals surface area contributed by atoms with Crippen LogP contribution < -0.4 is 0 Å². The van der Waals surface area contributed by atoms with Gasteiger partial charge in [0.1, 0.15) is 11.5 Å². The number of halogens is 2. The monoisotopic (exact) mass is 281 g/mol. The lowest BCUT2D eigenvalue weighted by Crippen LogP contribution is -2.27. The summed E-state index contributed by atoms with van der Waals surface area (Å²) in [5.41, 5.74) is 2.76. The van der Waals surface area contributed by atoms with Crippen LogP contribution >= 0.6 is 15.9 Å². The Labute approximate surface area is 103 Å². The van der Waals surface area contributed by atoms with Crippen LogP contribution in [0.1, 0.15) is 38.2 Å². The van der Waals surface area contributed by atoms with E-state index < -0.39 is 0 Å². The molecule has 84 valence electrons. The highest BCUT2D eigenvalue weighted by molar-refractivity contribution is 9.10. The molecule has 0 saturated heterocycles. The fourth-order valence-electron chi connectivity index (χ4n) is 3.15. The van der Waals surface area contributed by atoms with Gasteiger partial charge in [0.15, 0.2) is 0 Å². The summed E-state index contributed by atoms with van der Waals surface area (Å²) < 4.78 is 14.8. The molecule has 0 unspecified atom stereocenters. The summed E-state index contributed by atoms with van der Waals surface area (Å²) in [5.74, 6) is -0.193. The van der Waals surface area contributed by atoms with Crippen LogP contribution in [0.3, 0.4) is 0 Å². The van der Waals surface area contributed by atoms with Crippen molar-refractivity contribution in [3.63, 3.8) is 0 Å². The van der Waals surface area contributed by atoms with E-state index in [9.17, 15) is 4.39 Å². The predicted molar refractivity (Wildman–Crippen MR) is 67.0 cm³/mol. The van der Waals surface area contributed by atoms with Gasteiger partial charge >= 0.3 is 0 Å². The van der Waals surface area contributed by atoms with Crippen molar-refractivity contribution < 1.29 is 4.39 Å². The fourth-order valence-corrected chi connectivity index (χ4v) is 3.85. The van der Waals surface area contributed by atoms with E-state index in [0.29, 0.717) is 5.69 Å². The lowest BCUT2D eigenvalue weighted by molar-refractivity contribution is 0.594. The van der Waals surface area contributed by atoms with E-state index in [1.165, 1.54) is 18.9 Å². The van der Waals surface area contributed by atoms with Crippen LogP contribution in [0.25, 0.3) is 0 Å². The van der Waals surface area contributed by atoms with Crippen molar-refractivity contribution in [2.45, 2.75) is 38.0 Å². The predicted octanol–water partition coefficient (Wildman–Crippen LogP) is 4.51. The lowest BCUT2D eigenvalue weighted by Gasteiger charge is -2.26. The summed E-state index contributed by atoms with van der Waals surface area (Å²) in [7, 11) is 0. The Morgan fingerprint density at radius 2 is 2.00 bits per heavy atom. The average molecular weight is 282 g/mol. The number of benzene rings is 1. The van der Waals surface area contributed by atoms with Gasteiger partial charge in [-0.1, -0.05) is 28.8 Å². The fraction of sp³-hybridized carbons (Fsp3) is 0.462. The molecule has 1 aromatic rings. The second kappa shape index (κ2) is 3.39. The topological polar surface area (TPSA) is 12.4 Å². The molecule has 1 aromatic carbocycles. The van der Waals surface area contributed by atoms with Crippen LogP contribution in [-0.2, 0) is 5.41 Å². The molecule has 0 N–H and O–H groups in total. The van der Waals surface area contributed by atoms with Crippen LogP contribution in [0, 0.1) is 5.82 Å². The van der Waals surface area contributed by atoms with Crippen molar-refractivity contribution in [3.8, 4) is 0 Å². The van der Waals surface area contributed by atoms with Crippen molar-refractivity contribution in [3.05, 3.63) is 28.0 Å². The number of rotatable bonds is 0. The molecule has 2 aliphatic rings. The Morgan fingerprint density at radius 3 is 2.69 bits per heavy atom. The van der Waals surface area contributed by atoms with Gasteiger partial charge in [0.05, 0.1) is 0 Å². The smallest absolute Gasteiger partial charge is 0.149 e. The molecule has 1 fully saturated rings. The van der Waals surface area contributed by atoms with Crippen LogP contribution in [0.5, 0.6) is 0 Å². The largest absolute Gasteiger partial charge is 0.254 e. The van der Waals surface area contributed by atoms with Gasteiger partial charge in [-0.2, -0.15) is 0 Å². The molecule has 0 radical (unpaired) electrons. The van der Waals surface area contributed by atoms with Gasteiger partial charge in [0.2, 0.25) is 0 Å². The standard InChI is InChI=1S/C13H13BrFN/c1-8-13(6-2-3-7-13)11-9(14)4-5-10(15)12(11)16-8/h4-5H,2-3,6-7H2,1H3. The van der Waals surface area contributed by atoms with Crippen molar-refractivity contribution >= 4 is 27.3 Å². The molecule has 1 spiro atoms. The van der Waals surface area contributed by atoms with E-state index in [2.05, 4.69) is 20.9 Å². The summed E-state index contributed by atoms with van der Waals surface area (Å²) in [6.45, 7) is 2.04. The molecule has 1 nitrogen and oxygen atoms in total.